The van der Waals surface area contributed by atoms with E-state index in [9.17, 15) is 27.6 Å². The van der Waals surface area contributed by atoms with E-state index in [-0.39, 0.29) is 49.5 Å². The van der Waals surface area contributed by atoms with Gasteiger partial charge in [-0.3, -0.25) is 23.9 Å². The van der Waals surface area contributed by atoms with Crippen LogP contribution in [0.25, 0.3) is 10.9 Å². The lowest BCUT2D eigenvalue weighted by atomic mass is 9.85. The number of ether oxygens (including phenoxy) is 2. The zero-order valence-electron chi connectivity index (χ0n) is 31.0. The number of fused-ring (bicyclic) bond motifs is 5. The average Bonchev–Trinajstić information content (AvgIpc) is 3.98. The Morgan fingerprint density at radius 2 is 1.91 bits per heavy atom. The van der Waals surface area contributed by atoms with Gasteiger partial charge < -0.3 is 14.4 Å². The predicted octanol–water partition coefficient (Wildman–Crippen LogP) is 6.30. The number of hydrogen-bond acceptors (Lipinski definition) is 9. The van der Waals surface area contributed by atoms with Gasteiger partial charge in [-0.25, -0.2) is 13.4 Å². The van der Waals surface area contributed by atoms with Gasteiger partial charge in [-0.05, 0) is 97.1 Å². The Labute approximate surface area is 316 Å². The van der Waals surface area contributed by atoms with Crippen molar-refractivity contribution in [1.82, 2.24) is 14.6 Å². The number of allylic oxidation sites excluding steroid dienone is 2. The molecule has 5 aliphatic rings. The number of rotatable bonds is 6. The van der Waals surface area contributed by atoms with Crippen LogP contribution in [0.1, 0.15) is 109 Å². The van der Waals surface area contributed by atoms with Crippen LogP contribution in [0.2, 0.25) is 5.02 Å². The fourth-order valence-corrected chi connectivity index (χ4v) is 10.2. The lowest BCUT2D eigenvalue weighted by Crippen LogP contribution is -2.48. The quantitative estimate of drug-likeness (QED) is 0.264. The molecule has 2 aliphatic carbocycles. The highest BCUT2D eigenvalue weighted by atomic mass is 35.5. The first-order valence-electron chi connectivity index (χ1n) is 19.1. The molecule has 3 aliphatic heterocycles. The summed E-state index contributed by atoms with van der Waals surface area (Å²) in [5.74, 6) is -2.11. The largest absolute Gasteiger partial charge is 0.483 e. The minimum Gasteiger partial charge on any atom is -0.483 e. The van der Waals surface area contributed by atoms with Crippen molar-refractivity contribution in [3.05, 3.63) is 46.6 Å². The average molecular weight is 768 g/mol. The second-order valence-corrected chi connectivity index (χ2v) is 19.3. The first-order chi connectivity index (χ1) is 25.1. The zero-order chi connectivity index (χ0) is 37.9. The molecule has 3 fully saturated rings. The van der Waals surface area contributed by atoms with Gasteiger partial charge in [-0.2, -0.15) is 0 Å². The maximum Gasteiger partial charge on any atom is 0.306 e. The number of aryl methyl sites for hydroxylation is 2. The van der Waals surface area contributed by atoms with E-state index < -0.39 is 49.6 Å². The number of nitrogens with zero attached hydrogens (tertiary/aromatic N) is 2. The Balaban J connectivity index is 1.23. The smallest absolute Gasteiger partial charge is 0.306 e. The molecule has 2 saturated carbocycles. The minimum atomic E-state index is -3.93. The normalized spacial score (nSPS) is 30.4. The zero-order valence-corrected chi connectivity index (χ0v) is 32.6. The summed E-state index contributed by atoms with van der Waals surface area (Å²) >= 11 is 6.28. The Kier molecular flexibility index (Phi) is 9.96. The van der Waals surface area contributed by atoms with Crippen LogP contribution in [0.4, 0.5) is 0 Å². The molecule has 2 aromatic rings. The summed E-state index contributed by atoms with van der Waals surface area (Å²) in [7, 11) is -3.93. The number of aromatic nitrogens is 1. The lowest BCUT2D eigenvalue weighted by Gasteiger charge is -2.36. The fraction of sp³-hybridized carbons (Fsp3) is 0.625. The maximum atomic E-state index is 14.7. The number of ketones is 1. The van der Waals surface area contributed by atoms with Gasteiger partial charge in [0.15, 0.2) is 5.78 Å². The molecular formula is C40H50ClN3O8S. The van der Waals surface area contributed by atoms with Crippen LogP contribution in [0.5, 0.6) is 5.75 Å². The van der Waals surface area contributed by atoms with E-state index in [1.54, 1.807) is 25.7 Å². The first kappa shape index (κ1) is 37.8. The van der Waals surface area contributed by atoms with Crippen LogP contribution in [0, 0.1) is 24.2 Å². The number of carbonyl (C=O) groups is 4. The Morgan fingerprint density at radius 3 is 2.64 bits per heavy atom. The van der Waals surface area contributed by atoms with Crippen LogP contribution in [0.3, 0.4) is 0 Å². The molecular weight excluding hydrogens is 718 g/mol. The summed E-state index contributed by atoms with van der Waals surface area (Å²) in [5.41, 5.74) is 0.298. The first-order valence-corrected chi connectivity index (χ1v) is 21.0. The number of carbonyl (C=O) groups excluding carboxylic acids is 4. The van der Waals surface area contributed by atoms with Crippen molar-refractivity contribution in [3.63, 3.8) is 0 Å². The highest BCUT2D eigenvalue weighted by Gasteiger charge is 2.63. The van der Waals surface area contributed by atoms with Crippen molar-refractivity contribution in [2.45, 2.75) is 134 Å². The molecule has 2 amide bonds. The highest BCUT2D eigenvalue weighted by Crippen LogP contribution is 2.58. The van der Waals surface area contributed by atoms with E-state index in [4.69, 9.17) is 26.1 Å². The third kappa shape index (κ3) is 7.34. The molecule has 0 bridgehead atoms. The standard InChI is InChI=1S/C40H50ClN3O8S/c1-24(2)51-34(46)18-26-10-8-6-5-7-9-11-27-20-40(27,37(48)43-53(49,50)38(4)16-17-38)22-33(45)32-21-39(23-44(32)36(26)47)15-14-30-29-13-12-28(41)19-31(29)42-25(3)35(30)52-39/h9,11-13,19,24,26-27,32H,5-8,10,14-18,20-23H2,1-4H3,(H,43,48)/b11-9-/t26-,27-,32+,39-,40-/m1/s1. The molecule has 1 aromatic carbocycles. The molecule has 1 saturated heterocycles. The van der Waals surface area contributed by atoms with Gasteiger partial charge in [-0.1, -0.05) is 42.7 Å². The van der Waals surface area contributed by atoms with Crippen LogP contribution < -0.4 is 9.46 Å². The summed E-state index contributed by atoms with van der Waals surface area (Å²) in [5, 5.41) is 1.52. The number of Topliss-reactive ketones (excluding diaryl/α,β-unsaturated/α-hetero) is 1. The number of esters is 1. The fourth-order valence-electron chi connectivity index (χ4n) is 8.65. The number of halogens is 1. The van der Waals surface area contributed by atoms with Crippen molar-refractivity contribution in [2.24, 2.45) is 17.3 Å². The highest BCUT2D eigenvalue weighted by molar-refractivity contribution is 7.91. The van der Waals surface area contributed by atoms with Gasteiger partial charge >= 0.3 is 5.97 Å². The molecule has 13 heteroatoms. The number of benzene rings is 1. The van der Waals surface area contributed by atoms with Crippen molar-refractivity contribution < 1.29 is 37.1 Å². The second kappa shape index (κ2) is 14.0. The van der Waals surface area contributed by atoms with E-state index in [1.165, 1.54) is 0 Å². The van der Waals surface area contributed by atoms with E-state index in [1.807, 2.05) is 37.3 Å². The maximum absolute atomic E-state index is 14.7. The molecule has 286 valence electrons. The number of amides is 2. The monoisotopic (exact) mass is 767 g/mol. The molecule has 53 heavy (non-hydrogen) atoms. The Bertz CT molecular complexity index is 1990. The summed E-state index contributed by atoms with van der Waals surface area (Å²) in [6.45, 7) is 7.16. The number of sulfonamides is 1. The SMILES string of the molecule is Cc1nc2cc(Cl)ccc2c2c1O[C@]1(CC2)C[C@H]2C(=O)C[C@]3(C(=O)NS(=O)(=O)C4(C)CC4)C[C@H]3/C=C\CCCCC[C@H](CC(=O)OC(C)C)C(=O)N2C1. The molecule has 7 rings (SSSR count). The van der Waals surface area contributed by atoms with Gasteiger partial charge in [0, 0.05) is 34.7 Å². The number of nitrogens with one attached hydrogen (secondary N) is 1. The van der Waals surface area contributed by atoms with Crippen LogP contribution in [0.15, 0.2) is 30.4 Å². The second-order valence-electron chi connectivity index (χ2n) is 16.6. The topological polar surface area (TPSA) is 149 Å². The molecule has 1 N–H and O–H groups in total. The molecule has 4 heterocycles. The van der Waals surface area contributed by atoms with Gasteiger partial charge in [0.2, 0.25) is 21.8 Å². The van der Waals surface area contributed by atoms with Gasteiger partial charge in [0.1, 0.15) is 11.4 Å². The van der Waals surface area contributed by atoms with Crippen molar-refractivity contribution in [1.29, 1.82) is 0 Å². The van der Waals surface area contributed by atoms with E-state index in [0.29, 0.717) is 55.0 Å². The number of pyridine rings is 1. The molecule has 1 spiro atoms. The molecule has 0 unspecified atom stereocenters. The Hall–Kier alpha value is -3.51. The molecule has 0 radical (unpaired) electrons. The van der Waals surface area contributed by atoms with Gasteiger partial charge in [0.05, 0.1) is 46.5 Å². The van der Waals surface area contributed by atoms with Crippen molar-refractivity contribution in [2.75, 3.05) is 6.54 Å². The summed E-state index contributed by atoms with van der Waals surface area (Å²) in [4.78, 5) is 62.7. The number of hydrogen-bond donors (Lipinski definition) is 1. The van der Waals surface area contributed by atoms with Crippen LogP contribution in [-0.4, -0.2) is 70.9 Å². The van der Waals surface area contributed by atoms with Gasteiger partial charge in [0.25, 0.3) is 0 Å². The molecule has 1 aromatic heterocycles. The third-order valence-corrected chi connectivity index (χ3v) is 14.6. The van der Waals surface area contributed by atoms with E-state index in [0.717, 1.165) is 42.1 Å². The van der Waals surface area contributed by atoms with Gasteiger partial charge in [-0.15, -0.1) is 0 Å². The Morgan fingerprint density at radius 1 is 1.13 bits per heavy atom. The molecule has 11 nitrogen and oxygen atoms in total. The predicted molar refractivity (Wildman–Crippen MR) is 200 cm³/mol. The van der Waals surface area contributed by atoms with Crippen LogP contribution >= 0.6 is 11.6 Å². The summed E-state index contributed by atoms with van der Waals surface area (Å²) < 4.78 is 40.1. The lowest BCUT2D eigenvalue weighted by molar-refractivity contribution is -0.153. The minimum absolute atomic E-state index is 0.104. The third-order valence-electron chi connectivity index (χ3n) is 12.2. The molecule has 5 atom stereocenters. The summed E-state index contributed by atoms with van der Waals surface area (Å²) in [6, 6.07) is 4.65. The summed E-state index contributed by atoms with van der Waals surface area (Å²) in [6.07, 6.45) is 9.57. The van der Waals surface area contributed by atoms with Crippen LogP contribution in [-0.2, 0) is 40.4 Å². The van der Waals surface area contributed by atoms with Crippen molar-refractivity contribution in [3.8, 4) is 5.75 Å². The van der Waals surface area contributed by atoms with E-state index in [2.05, 4.69) is 4.72 Å². The van der Waals surface area contributed by atoms with Crippen molar-refractivity contribution >= 4 is 56.1 Å². The van der Waals surface area contributed by atoms with E-state index >= 15 is 0 Å².